The van der Waals surface area contributed by atoms with Crippen LogP contribution in [0.5, 0.6) is 0 Å². The Hall–Kier alpha value is -0.150. The Balaban J connectivity index is 3.29. The summed E-state index contributed by atoms with van der Waals surface area (Å²) < 4.78 is 12.3. The van der Waals surface area contributed by atoms with Gasteiger partial charge in [0.2, 0.25) is 0 Å². The summed E-state index contributed by atoms with van der Waals surface area (Å²) in [6, 6.07) is 0. The Labute approximate surface area is 49.4 Å². The van der Waals surface area contributed by atoms with E-state index in [1.54, 1.807) is 6.92 Å². The smallest absolute Gasteiger partial charge is 0.165 e. The van der Waals surface area contributed by atoms with Gasteiger partial charge in [0.25, 0.3) is 0 Å². The van der Waals surface area contributed by atoms with Crippen molar-refractivity contribution >= 4 is 0 Å². The van der Waals surface area contributed by atoms with Crippen LogP contribution < -0.4 is 5.84 Å². The quantitative estimate of drug-likeness (QED) is 0.340. The first-order valence-corrected chi connectivity index (χ1v) is 2.87. The third kappa shape index (κ3) is 2.23. The lowest BCUT2D eigenvalue weighted by molar-refractivity contribution is 0.0848. The largest absolute Gasteiger partial charge is 0.266 e. The van der Waals surface area contributed by atoms with Crippen molar-refractivity contribution in [2.24, 2.45) is 5.84 Å². The number of hydrazine groups is 1. The number of hydrogen-bond acceptors (Lipinski definition) is 2. The topological polar surface area (TPSA) is 29.3 Å². The van der Waals surface area contributed by atoms with E-state index in [4.69, 9.17) is 5.84 Å². The summed E-state index contributed by atoms with van der Waals surface area (Å²) in [5.74, 6) is 5.19. The molecule has 3 heteroatoms. The summed E-state index contributed by atoms with van der Waals surface area (Å²) >= 11 is 0. The van der Waals surface area contributed by atoms with Crippen LogP contribution in [0.4, 0.5) is 4.39 Å². The van der Waals surface area contributed by atoms with Crippen molar-refractivity contribution in [3.05, 3.63) is 0 Å². The zero-order valence-electron chi connectivity index (χ0n) is 5.39. The Morgan fingerprint density at radius 1 is 1.62 bits per heavy atom. The number of rotatable bonds is 3. The van der Waals surface area contributed by atoms with Crippen LogP contribution in [0.3, 0.4) is 0 Å². The molecule has 0 saturated heterocycles. The molecule has 0 rings (SSSR count). The maximum Gasteiger partial charge on any atom is 0.165 e. The molecule has 0 aliphatic heterocycles. The second kappa shape index (κ2) is 3.80. The zero-order chi connectivity index (χ0) is 6.57. The molecule has 0 bridgehead atoms. The van der Waals surface area contributed by atoms with Gasteiger partial charge in [0.05, 0.1) is 0 Å². The van der Waals surface area contributed by atoms with Gasteiger partial charge in [-0.15, -0.1) is 0 Å². The van der Waals surface area contributed by atoms with Crippen molar-refractivity contribution in [3.8, 4) is 0 Å². The molecule has 0 aromatic rings. The molecule has 0 spiro atoms. The summed E-state index contributed by atoms with van der Waals surface area (Å²) in [6.07, 6.45) is -0.510. The highest BCUT2D eigenvalue weighted by Crippen LogP contribution is 1.97. The van der Waals surface area contributed by atoms with Crippen molar-refractivity contribution in [1.82, 2.24) is 5.01 Å². The second-order valence-electron chi connectivity index (χ2n) is 1.67. The Kier molecular flexibility index (Phi) is 3.73. The SMILES string of the molecule is CCC(F)N(N)CC. The fourth-order valence-electron chi connectivity index (χ4n) is 0.433. The van der Waals surface area contributed by atoms with Crippen molar-refractivity contribution in [2.75, 3.05) is 6.54 Å². The molecule has 8 heavy (non-hydrogen) atoms. The third-order valence-electron chi connectivity index (χ3n) is 1.06. The molecule has 0 aromatic carbocycles. The van der Waals surface area contributed by atoms with Crippen LogP contribution in [-0.4, -0.2) is 17.8 Å². The predicted octanol–water partition coefficient (Wildman–Crippen LogP) is 0.888. The Morgan fingerprint density at radius 3 is 2.25 bits per heavy atom. The molecule has 0 radical (unpaired) electrons. The molecule has 0 amide bonds. The Bertz CT molecular complexity index is 50.4. The highest BCUT2D eigenvalue weighted by Gasteiger charge is 2.06. The van der Waals surface area contributed by atoms with Gasteiger partial charge in [0.15, 0.2) is 6.30 Å². The van der Waals surface area contributed by atoms with Gasteiger partial charge in [-0.2, -0.15) is 0 Å². The summed E-state index contributed by atoms with van der Waals surface area (Å²) in [5.41, 5.74) is 0. The van der Waals surface area contributed by atoms with E-state index in [9.17, 15) is 4.39 Å². The number of hydrogen-bond donors (Lipinski definition) is 1. The molecule has 0 aliphatic carbocycles. The van der Waals surface area contributed by atoms with E-state index in [0.29, 0.717) is 13.0 Å². The first-order valence-electron chi connectivity index (χ1n) is 2.87. The highest BCUT2D eigenvalue weighted by atomic mass is 19.1. The van der Waals surface area contributed by atoms with E-state index in [-0.39, 0.29) is 0 Å². The van der Waals surface area contributed by atoms with E-state index >= 15 is 0 Å². The molecule has 1 unspecified atom stereocenters. The van der Waals surface area contributed by atoms with Crippen molar-refractivity contribution < 1.29 is 4.39 Å². The third-order valence-corrected chi connectivity index (χ3v) is 1.06. The molecular weight excluding hydrogens is 107 g/mol. The lowest BCUT2D eigenvalue weighted by Gasteiger charge is -2.16. The van der Waals surface area contributed by atoms with Crippen LogP contribution in [0.1, 0.15) is 20.3 Å². The van der Waals surface area contributed by atoms with Crippen LogP contribution in [0.15, 0.2) is 0 Å². The number of nitrogens with two attached hydrogens (primary N) is 1. The molecular formula is C5H13FN2. The van der Waals surface area contributed by atoms with Gasteiger partial charge >= 0.3 is 0 Å². The van der Waals surface area contributed by atoms with Gasteiger partial charge in [0, 0.05) is 6.54 Å². The normalized spacial score (nSPS) is 14.6. The van der Waals surface area contributed by atoms with E-state index in [0.717, 1.165) is 0 Å². The monoisotopic (exact) mass is 120 g/mol. The molecule has 0 saturated carbocycles. The molecule has 2 nitrogen and oxygen atoms in total. The molecule has 0 fully saturated rings. The van der Waals surface area contributed by atoms with Crippen LogP contribution in [0.25, 0.3) is 0 Å². The zero-order valence-corrected chi connectivity index (χ0v) is 5.39. The van der Waals surface area contributed by atoms with E-state index in [1.165, 1.54) is 5.01 Å². The summed E-state index contributed by atoms with van der Waals surface area (Å²) in [4.78, 5) is 0. The van der Waals surface area contributed by atoms with Crippen molar-refractivity contribution in [1.29, 1.82) is 0 Å². The lowest BCUT2D eigenvalue weighted by atomic mass is 10.4. The first kappa shape index (κ1) is 7.85. The van der Waals surface area contributed by atoms with E-state index in [2.05, 4.69) is 0 Å². The lowest BCUT2D eigenvalue weighted by Crippen LogP contribution is -2.37. The minimum Gasteiger partial charge on any atom is -0.266 e. The van der Waals surface area contributed by atoms with Crippen LogP contribution in [0.2, 0.25) is 0 Å². The fraction of sp³-hybridized carbons (Fsp3) is 1.00. The minimum absolute atomic E-state index is 0.463. The van der Waals surface area contributed by atoms with Gasteiger partial charge in [0.1, 0.15) is 0 Å². The maximum atomic E-state index is 12.3. The van der Waals surface area contributed by atoms with Crippen LogP contribution >= 0.6 is 0 Å². The van der Waals surface area contributed by atoms with Gasteiger partial charge < -0.3 is 0 Å². The van der Waals surface area contributed by atoms with Gasteiger partial charge in [-0.05, 0) is 6.42 Å². The van der Waals surface area contributed by atoms with Gasteiger partial charge in [-0.3, -0.25) is 5.84 Å². The van der Waals surface area contributed by atoms with Gasteiger partial charge in [-0.25, -0.2) is 9.40 Å². The van der Waals surface area contributed by atoms with E-state index in [1.807, 2.05) is 6.92 Å². The molecule has 1 atom stereocenters. The van der Waals surface area contributed by atoms with Crippen molar-refractivity contribution in [3.63, 3.8) is 0 Å². The average molecular weight is 120 g/mol. The number of alkyl halides is 1. The van der Waals surface area contributed by atoms with Crippen LogP contribution in [-0.2, 0) is 0 Å². The molecule has 2 N–H and O–H groups in total. The van der Waals surface area contributed by atoms with Gasteiger partial charge in [-0.1, -0.05) is 13.8 Å². The molecule has 0 aliphatic rings. The maximum absolute atomic E-state index is 12.3. The van der Waals surface area contributed by atoms with E-state index < -0.39 is 6.30 Å². The fourth-order valence-corrected chi connectivity index (χ4v) is 0.433. The van der Waals surface area contributed by atoms with Crippen molar-refractivity contribution in [2.45, 2.75) is 26.6 Å². The highest BCUT2D eigenvalue weighted by molar-refractivity contribution is 4.47. The number of halogens is 1. The predicted molar refractivity (Wildman–Crippen MR) is 31.8 cm³/mol. The molecule has 0 aromatic heterocycles. The minimum atomic E-state index is -0.972. The second-order valence-corrected chi connectivity index (χ2v) is 1.67. The standard InChI is InChI=1S/C5H13FN2/c1-3-5(6)8(7)4-2/h5H,3-4,7H2,1-2H3. The summed E-state index contributed by atoms with van der Waals surface area (Å²) in [6.45, 7) is 4.15. The summed E-state index contributed by atoms with van der Waals surface area (Å²) in [5, 5.41) is 1.18. The van der Waals surface area contributed by atoms with Crippen LogP contribution in [0, 0.1) is 0 Å². The first-order chi connectivity index (χ1) is 3.72. The molecule has 50 valence electrons. The Morgan fingerprint density at radius 2 is 2.12 bits per heavy atom. The summed E-state index contributed by atoms with van der Waals surface area (Å²) in [7, 11) is 0. The molecule has 0 heterocycles. The number of nitrogens with zero attached hydrogens (tertiary/aromatic N) is 1. The average Bonchev–Trinajstić information content (AvgIpc) is 1.84.